The second-order valence-corrected chi connectivity index (χ2v) is 14.9. The molecule has 0 N–H and O–H groups in total. The van der Waals surface area contributed by atoms with Crippen molar-refractivity contribution < 1.29 is 23.8 Å². The maximum absolute atomic E-state index is 12.7. The first kappa shape index (κ1) is 53.1. The van der Waals surface area contributed by atoms with Gasteiger partial charge in [0.1, 0.15) is 6.61 Å². The molecule has 1 atom stereocenters. The lowest BCUT2D eigenvalue weighted by Gasteiger charge is -2.18. The lowest BCUT2D eigenvalue weighted by atomic mass is 10.1. The van der Waals surface area contributed by atoms with Gasteiger partial charge >= 0.3 is 11.9 Å². The van der Waals surface area contributed by atoms with Gasteiger partial charge in [-0.3, -0.25) is 9.59 Å². The van der Waals surface area contributed by atoms with Crippen molar-refractivity contribution in [3.8, 4) is 0 Å². The van der Waals surface area contributed by atoms with Crippen LogP contribution in [0.4, 0.5) is 0 Å². The molecule has 5 heteroatoms. The molecule has 0 saturated heterocycles. The van der Waals surface area contributed by atoms with Crippen molar-refractivity contribution in [1.82, 2.24) is 0 Å². The minimum absolute atomic E-state index is 0.0491. The summed E-state index contributed by atoms with van der Waals surface area (Å²) in [6.07, 6.45) is 60.2. The van der Waals surface area contributed by atoms with Crippen LogP contribution in [-0.2, 0) is 23.8 Å². The monoisotopic (exact) mass is 779 g/mol. The van der Waals surface area contributed by atoms with Gasteiger partial charge in [-0.2, -0.15) is 0 Å². The van der Waals surface area contributed by atoms with Gasteiger partial charge in [0.25, 0.3) is 0 Å². The van der Waals surface area contributed by atoms with E-state index in [0.29, 0.717) is 19.4 Å². The van der Waals surface area contributed by atoms with E-state index in [4.69, 9.17) is 14.2 Å². The standard InChI is InChI=1S/C51H86O5/c1-4-7-10-13-16-19-22-25-28-31-34-37-40-43-46-54-47-49(56-51(53)45-42-39-36-33-30-27-24-21-18-15-12-9-6-3)48-55-50(52)44-41-38-35-32-29-26-23-20-17-14-11-8-5-2/h7,10-11,14,16,19-21,23-25,28,34,37,49H,4-6,8-9,12-13,15,17-18,22,26-27,29-33,35-36,38-48H2,1-3H3/b10-7-,14-11-,19-16-,23-20-,24-21-,28-25-,37-34-. The van der Waals surface area contributed by atoms with Crippen LogP contribution in [-0.4, -0.2) is 37.9 Å². The zero-order chi connectivity index (χ0) is 40.7. The summed E-state index contributed by atoms with van der Waals surface area (Å²) in [5, 5.41) is 0. The second-order valence-electron chi connectivity index (χ2n) is 14.9. The molecular weight excluding hydrogens is 693 g/mol. The largest absolute Gasteiger partial charge is 0.462 e. The molecule has 0 spiro atoms. The Labute approximate surface area is 346 Å². The Morgan fingerprint density at radius 2 is 0.839 bits per heavy atom. The third-order valence-corrected chi connectivity index (χ3v) is 9.37. The molecule has 320 valence electrons. The molecule has 0 aliphatic carbocycles. The number of hydrogen-bond donors (Lipinski definition) is 0. The Hall–Kier alpha value is -2.92. The summed E-state index contributed by atoms with van der Waals surface area (Å²) in [6.45, 7) is 7.46. The Balaban J connectivity index is 4.40. The minimum Gasteiger partial charge on any atom is -0.462 e. The lowest BCUT2D eigenvalue weighted by molar-refractivity contribution is -0.163. The molecule has 5 nitrogen and oxygen atoms in total. The predicted octanol–water partition coefficient (Wildman–Crippen LogP) is 15.3. The zero-order valence-electron chi connectivity index (χ0n) is 36.6. The van der Waals surface area contributed by atoms with Crippen molar-refractivity contribution in [3.63, 3.8) is 0 Å². The molecule has 0 bridgehead atoms. The minimum atomic E-state index is -0.576. The maximum atomic E-state index is 12.7. The summed E-state index contributed by atoms with van der Waals surface area (Å²) >= 11 is 0. The smallest absolute Gasteiger partial charge is 0.306 e. The van der Waals surface area contributed by atoms with E-state index in [0.717, 1.165) is 103 Å². The van der Waals surface area contributed by atoms with Crippen LogP contribution in [0, 0.1) is 0 Å². The molecule has 0 heterocycles. The van der Waals surface area contributed by atoms with Crippen LogP contribution in [0.1, 0.15) is 201 Å². The van der Waals surface area contributed by atoms with Crippen molar-refractivity contribution >= 4 is 11.9 Å². The predicted molar refractivity (Wildman–Crippen MR) is 242 cm³/mol. The summed E-state index contributed by atoms with van der Waals surface area (Å²) < 4.78 is 17.2. The van der Waals surface area contributed by atoms with E-state index in [9.17, 15) is 9.59 Å². The molecule has 0 aliphatic rings. The molecule has 0 aliphatic heterocycles. The first-order chi connectivity index (χ1) is 27.6. The molecule has 0 fully saturated rings. The molecule has 0 radical (unpaired) electrons. The molecule has 1 unspecified atom stereocenters. The fourth-order valence-corrected chi connectivity index (χ4v) is 5.96. The Morgan fingerprint density at radius 1 is 0.411 bits per heavy atom. The average molecular weight is 779 g/mol. The van der Waals surface area contributed by atoms with Gasteiger partial charge in [-0.05, 0) is 103 Å². The average Bonchev–Trinajstić information content (AvgIpc) is 3.20. The summed E-state index contributed by atoms with van der Waals surface area (Å²) in [7, 11) is 0. The summed E-state index contributed by atoms with van der Waals surface area (Å²) in [5.74, 6) is -0.459. The normalized spacial score (nSPS) is 13.0. The molecular formula is C51H86O5. The second kappa shape index (κ2) is 46.5. The van der Waals surface area contributed by atoms with Crippen molar-refractivity contribution in [2.75, 3.05) is 19.8 Å². The number of carbonyl (C=O) groups excluding carboxylic acids is 2. The molecule has 0 rings (SSSR count). The van der Waals surface area contributed by atoms with Crippen molar-refractivity contribution in [3.05, 3.63) is 85.1 Å². The highest BCUT2D eigenvalue weighted by Gasteiger charge is 2.17. The molecule has 0 amide bonds. The number of ether oxygens (including phenoxy) is 3. The van der Waals surface area contributed by atoms with E-state index in [1.165, 1.54) is 64.2 Å². The number of esters is 2. The highest BCUT2D eigenvalue weighted by Crippen LogP contribution is 2.12. The van der Waals surface area contributed by atoms with E-state index in [2.05, 4.69) is 106 Å². The number of unbranched alkanes of at least 4 members (excludes halogenated alkanes) is 16. The van der Waals surface area contributed by atoms with Gasteiger partial charge in [0, 0.05) is 19.4 Å². The first-order valence-corrected chi connectivity index (χ1v) is 23.1. The number of carbonyl (C=O) groups is 2. The lowest BCUT2D eigenvalue weighted by Crippen LogP contribution is -2.30. The van der Waals surface area contributed by atoms with Crippen LogP contribution >= 0.6 is 0 Å². The molecule has 56 heavy (non-hydrogen) atoms. The molecule has 0 aromatic heterocycles. The Kier molecular flexibility index (Phi) is 44.0. The van der Waals surface area contributed by atoms with Crippen LogP contribution in [0.15, 0.2) is 85.1 Å². The van der Waals surface area contributed by atoms with E-state index in [1.807, 2.05) is 0 Å². The van der Waals surface area contributed by atoms with Gasteiger partial charge in [0.05, 0.1) is 6.61 Å². The van der Waals surface area contributed by atoms with Crippen LogP contribution in [0.5, 0.6) is 0 Å². The molecule has 0 aromatic rings. The SMILES string of the molecule is CC/C=C\C/C=C\C/C=C\C/C=C\CCCOCC(COC(=O)CCCCCCC/C=C\C/C=C\CCC)OC(=O)CCCCCCC/C=C\CCCCCC. The third-order valence-electron chi connectivity index (χ3n) is 9.37. The van der Waals surface area contributed by atoms with Crippen LogP contribution in [0.3, 0.4) is 0 Å². The van der Waals surface area contributed by atoms with Crippen molar-refractivity contribution in [2.45, 2.75) is 207 Å². The summed E-state index contributed by atoms with van der Waals surface area (Å²) in [6, 6.07) is 0. The van der Waals surface area contributed by atoms with Crippen molar-refractivity contribution in [1.29, 1.82) is 0 Å². The van der Waals surface area contributed by atoms with Gasteiger partial charge in [-0.25, -0.2) is 0 Å². The topological polar surface area (TPSA) is 61.8 Å². The van der Waals surface area contributed by atoms with Crippen LogP contribution in [0.2, 0.25) is 0 Å². The van der Waals surface area contributed by atoms with Crippen LogP contribution < -0.4 is 0 Å². The Morgan fingerprint density at radius 3 is 1.38 bits per heavy atom. The van der Waals surface area contributed by atoms with E-state index in [-0.39, 0.29) is 25.2 Å². The molecule has 0 saturated carbocycles. The zero-order valence-corrected chi connectivity index (χ0v) is 36.6. The van der Waals surface area contributed by atoms with Gasteiger partial charge in [-0.1, -0.05) is 170 Å². The van der Waals surface area contributed by atoms with E-state index >= 15 is 0 Å². The highest BCUT2D eigenvalue weighted by atomic mass is 16.6. The molecule has 0 aromatic carbocycles. The summed E-state index contributed by atoms with van der Waals surface area (Å²) in [5.41, 5.74) is 0. The van der Waals surface area contributed by atoms with Gasteiger partial charge < -0.3 is 14.2 Å². The fourth-order valence-electron chi connectivity index (χ4n) is 5.96. The number of hydrogen-bond acceptors (Lipinski definition) is 5. The maximum Gasteiger partial charge on any atom is 0.306 e. The van der Waals surface area contributed by atoms with E-state index in [1.54, 1.807) is 0 Å². The fraction of sp³-hybridized carbons (Fsp3) is 0.686. The van der Waals surface area contributed by atoms with Gasteiger partial charge in [0.15, 0.2) is 6.10 Å². The number of rotatable bonds is 41. The van der Waals surface area contributed by atoms with Crippen molar-refractivity contribution in [2.24, 2.45) is 0 Å². The first-order valence-electron chi connectivity index (χ1n) is 23.1. The number of allylic oxidation sites excluding steroid dienone is 14. The van der Waals surface area contributed by atoms with E-state index < -0.39 is 6.10 Å². The highest BCUT2D eigenvalue weighted by molar-refractivity contribution is 5.70. The van der Waals surface area contributed by atoms with Gasteiger partial charge in [-0.15, -0.1) is 0 Å². The summed E-state index contributed by atoms with van der Waals surface area (Å²) in [4.78, 5) is 25.3. The Bertz CT molecular complexity index is 1060. The third kappa shape index (κ3) is 43.8. The van der Waals surface area contributed by atoms with Crippen LogP contribution in [0.25, 0.3) is 0 Å². The van der Waals surface area contributed by atoms with Gasteiger partial charge in [0.2, 0.25) is 0 Å². The quantitative estimate of drug-likeness (QED) is 0.0351.